The summed E-state index contributed by atoms with van der Waals surface area (Å²) in [6.07, 6.45) is 13.2. The predicted molar refractivity (Wildman–Crippen MR) is 126 cm³/mol. The Morgan fingerprint density at radius 1 is 1.00 bits per heavy atom. The van der Waals surface area contributed by atoms with Crippen LogP contribution in [-0.4, -0.2) is 62.2 Å². The number of aromatic nitrogens is 3. The maximum Gasteiger partial charge on any atom is 0.261 e. The van der Waals surface area contributed by atoms with Crippen LogP contribution in [0.3, 0.4) is 0 Å². The van der Waals surface area contributed by atoms with Crippen LogP contribution in [0.25, 0.3) is 22.0 Å². The van der Waals surface area contributed by atoms with E-state index in [2.05, 4.69) is 54.9 Å². The van der Waals surface area contributed by atoms with Gasteiger partial charge in [0, 0.05) is 73.9 Å². The molecule has 7 nitrogen and oxygen atoms in total. The molecule has 9 heteroatoms. The van der Waals surface area contributed by atoms with Gasteiger partial charge in [-0.25, -0.2) is 13.8 Å². The standard InChI is InChI=1S/C25H29F2N7/c26-25(27)4-8-32(17-25)16-18-10-20(14-28-13-18)19-11-21-15-30-31-23(21)22(12-19)24-29-5-9-34(24)33-6-2-1-3-7-33/h5,9-15,24,29H,1-4,6-8,16-17H2,(H,30,31). The molecule has 0 saturated carbocycles. The van der Waals surface area contributed by atoms with E-state index in [0.29, 0.717) is 13.1 Å². The number of hydrogen-bond donors (Lipinski definition) is 2. The van der Waals surface area contributed by atoms with E-state index in [1.807, 2.05) is 18.6 Å². The number of nitrogens with zero attached hydrogens (tertiary/aromatic N) is 5. The molecule has 178 valence electrons. The van der Waals surface area contributed by atoms with Gasteiger partial charge in [-0.15, -0.1) is 0 Å². The lowest BCUT2D eigenvalue weighted by molar-refractivity contribution is -0.0272. The van der Waals surface area contributed by atoms with Gasteiger partial charge in [0.1, 0.15) is 6.17 Å². The van der Waals surface area contributed by atoms with Gasteiger partial charge in [-0.2, -0.15) is 5.10 Å². The van der Waals surface area contributed by atoms with Crippen molar-refractivity contribution in [2.45, 2.75) is 44.3 Å². The Labute approximate surface area is 197 Å². The summed E-state index contributed by atoms with van der Waals surface area (Å²) in [5.41, 5.74) is 5.08. The topological polar surface area (TPSA) is 63.3 Å². The smallest absolute Gasteiger partial charge is 0.261 e. The van der Waals surface area contributed by atoms with Crippen molar-refractivity contribution in [1.29, 1.82) is 0 Å². The van der Waals surface area contributed by atoms with E-state index in [1.54, 1.807) is 11.1 Å². The quantitative estimate of drug-likeness (QED) is 0.588. The summed E-state index contributed by atoms with van der Waals surface area (Å²) < 4.78 is 27.3. The van der Waals surface area contributed by atoms with Crippen LogP contribution >= 0.6 is 0 Å². The van der Waals surface area contributed by atoms with Gasteiger partial charge in [-0.3, -0.25) is 20.0 Å². The molecule has 5 heterocycles. The maximum absolute atomic E-state index is 13.6. The molecule has 2 saturated heterocycles. The van der Waals surface area contributed by atoms with Crippen LogP contribution in [0.4, 0.5) is 8.78 Å². The van der Waals surface area contributed by atoms with Gasteiger partial charge in [0.05, 0.1) is 18.3 Å². The molecular formula is C25H29F2N7. The minimum Gasteiger partial charge on any atom is -0.365 e. The Morgan fingerprint density at radius 3 is 2.71 bits per heavy atom. The molecule has 0 amide bonds. The SMILES string of the molecule is FC1(F)CCN(Cc2cncc(-c3cc(C4NC=CN4N4CCCCC4)c4[nH]ncc4c3)c2)C1. The molecule has 0 aliphatic carbocycles. The van der Waals surface area contributed by atoms with Gasteiger partial charge < -0.3 is 5.32 Å². The number of rotatable bonds is 5. The minimum absolute atomic E-state index is 0.0241. The number of alkyl halides is 2. The monoisotopic (exact) mass is 465 g/mol. The van der Waals surface area contributed by atoms with Crippen LogP contribution in [0.5, 0.6) is 0 Å². The summed E-state index contributed by atoms with van der Waals surface area (Å²) in [6.45, 7) is 2.81. The first-order chi connectivity index (χ1) is 16.6. The van der Waals surface area contributed by atoms with Gasteiger partial charge >= 0.3 is 0 Å². The minimum atomic E-state index is -2.59. The molecule has 6 rings (SSSR count). The van der Waals surface area contributed by atoms with Crippen molar-refractivity contribution in [3.05, 3.63) is 60.3 Å². The highest BCUT2D eigenvalue weighted by atomic mass is 19.3. The largest absolute Gasteiger partial charge is 0.365 e. The highest BCUT2D eigenvalue weighted by molar-refractivity contribution is 5.87. The number of likely N-dealkylation sites (tertiary alicyclic amines) is 1. The number of pyridine rings is 1. The number of piperidine rings is 1. The van der Waals surface area contributed by atoms with Crippen LogP contribution in [0.1, 0.15) is 43.0 Å². The molecule has 2 aromatic heterocycles. The van der Waals surface area contributed by atoms with E-state index in [9.17, 15) is 8.78 Å². The lowest BCUT2D eigenvalue weighted by Crippen LogP contribution is -2.44. The first kappa shape index (κ1) is 21.5. The van der Waals surface area contributed by atoms with Gasteiger partial charge in [0.25, 0.3) is 5.92 Å². The number of hydrogen-bond acceptors (Lipinski definition) is 6. The van der Waals surface area contributed by atoms with Crippen LogP contribution in [0.2, 0.25) is 0 Å². The van der Waals surface area contributed by atoms with Crippen LogP contribution in [-0.2, 0) is 6.54 Å². The number of fused-ring (bicyclic) bond motifs is 1. The van der Waals surface area contributed by atoms with Gasteiger partial charge in [0.15, 0.2) is 0 Å². The van der Waals surface area contributed by atoms with E-state index >= 15 is 0 Å². The molecule has 2 fully saturated rings. The number of aromatic amines is 1. The van der Waals surface area contributed by atoms with Crippen molar-refractivity contribution in [3.63, 3.8) is 0 Å². The fourth-order valence-electron chi connectivity index (χ4n) is 5.37. The van der Waals surface area contributed by atoms with Crippen molar-refractivity contribution in [1.82, 2.24) is 35.4 Å². The summed E-state index contributed by atoms with van der Waals surface area (Å²) in [5.74, 6) is -2.59. The Kier molecular flexibility index (Phi) is 5.45. The summed E-state index contributed by atoms with van der Waals surface area (Å²) >= 11 is 0. The van der Waals surface area contributed by atoms with Gasteiger partial charge in [-0.1, -0.05) is 6.42 Å². The average Bonchev–Trinajstić information content (AvgIpc) is 3.59. The van der Waals surface area contributed by atoms with Crippen molar-refractivity contribution in [3.8, 4) is 11.1 Å². The molecule has 1 atom stereocenters. The molecule has 0 radical (unpaired) electrons. The average molecular weight is 466 g/mol. The molecule has 34 heavy (non-hydrogen) atoms. The Balaban J connectivity index is 1.31. The van der Waals surface area contributed by atoms with E-state index in [0.717, 1.165) is 46.2 Å². The van der Waals surface area contributed by atoms with Crippen LogP contribution in [0.15, 0.2) is 49.2 Å². The molecule has 1 aromatic carbocycles. The second-order valence-corrected chi connectivity index (χ2v) is 9.58. The molecule has 2 N–H and O–H groups in total. The third-order valence-corrected chi connectivity index (χ3v) is 7.06. The van der Waals surface area contributed by atoms with Crippen molar-refractivity contribution < 1.29 is 8.78 Å². The number of H-pyrrole nitrogens is 1. The Hall–Kier alpha value is -3.04. The number of benzene rings is 1. The second-order valence-electron chi connectivity index (χ2n) is 9.58. The molecule has 3 aliphatic heterocycles. The third-order valence-electron chi connectivity index (χ3n) is 7.06. The highest BCUT2D eigenvalue weighted by Gasteiger charge is 2.38. The molecule has 3 aliphatic rings. The number of hydrazine groups is 1. The molecule has 0 spiro atoms. The zero-order valence-electron chi connectivity index (χ0n) is 19.1. The van der Waals surface area contributed by atoms with E-state index < -0.39 is 5.92 Å². The lowest BCUT2D eigenvalue weighted by atomic mass is 9.99. The number of halogens is 2. The van der Waals surface area contributed by atoms with Crippen molar-refractivity contribution in [2.75, 3.05) is 26.2 Å². The summed E-state index contributed by atoms with van der Waals surface area (Å²) in [5, 5.41) is 16.7. The first-order valence-corrected chi connectivity index (χ1v) is 12.0. The lowest BCUT2D eigenvalue weighted by Gasteiger charge is -2.39. The fraction of sp³-hybridized carbons (Fsp3) is 0.440. The number of nitrogens with one attached hydrogen (secondary N) is 2. The highest BCUT2D eigenvalue weighted by Crippen LogP contribution is 2.35. The summed E-state index contributed by atoms with van der Waals surface area (Å²) in [6, 6.07) is 6.37. The normalized spacial score (nSPS) is 23.1. The van der Waals surface area contributed by atoms with E-state index in [4.69, 9.17) is 0 Å². The molecule has 3 aromatic rings. The predicted octanol–water partition coefficient (Wildman–Crippen LogP) is 4.24. The Bertz CT molecular complexity index is 1200. The van der Waals surface area contributed by atoms with Crippen LogP contribution < -0.4 is 5.32 Å². The van der Waals surface area contributed by atoms with E-state index in [-0.39, 0.29) is 19.1 Å². The summed E-state index contributed by atoms with van der Waals surface area (Å²) in [7, 11) is 0. The molecule has 0 bridgehead atoms. The van der Waals surface area contributed by atoms with Gasteiger partial charge in [0.2, 0.25) is 0 Å². The fourth-order valence-corrected chi connectivity index (χ4v) is 5.37. The summed E-state index contributed by atoms with van der Waals surface area (Å²) in [4.78, 5) is 6.24. The van der Waals surface area contributed by atoms with Gasteiger partial charge in [-0.05, 0) is 42.2 Å². The van der Waals surface area contributed by atoms with Crippen LogP contribution in [0, 0.1) is 0 Å². The van der Waals surface area contributed by atoms with E-state index in [1.165, 1.54) is 19.3 Å². The van der Waals surface area contributed by atoms with Crippen molar-refractivity contribution in [2.24, 2.45) is 0 Å². The third kappa shape index (κ3) is 4.14. The maximum atomic E-state index is 13.6. The first-order valence-electron chi connectivity index (χ1n) is 12.0. The second kappa shape index (κ2) is 8.63. The van der Waals surface area contributed by atoms with Crippen molar-refractivity contribution >= 4 is 10.9 Å². The molecule has 1 unspecified atom stereocenters. The zero-order chi connectivity index (χ0) is 23.1. The molecular weight excluding hydrogens is 436 g/mol. The Morgan fingerprint density at radius 2 is 1.88 bits per heavy atom. The zero-order valence-corrected chi connectivity index (χ0v) is 19.1.